The summed E-state index contributed by atoms with van der Waals surface area (Å²) in [7, 11) is 0. The molecule has 0 saturated heterocycles. The van der Waals surface area contributed by atoms with Crippen molar-refractivity contribution in [2.24, 2.45) is 11.7 Å². The van der Waals surface area contributed by atoms with E-state index in [1.54, 1.807) is 0 Å². The Morgan fingerprint density at radius 1 is 1.13 bits per heavy atom. The third-order valence-electron chi connectivity index (χ3n) is 5.25. The van der Waals surface area contributed by atoms with Crippen molar-refractivity contribution < 1.29 is 4.79 Å². The summed E-state index contributed by atoms with van der Waals surface area (Å²) in [5.41, 5.74) is 8.18. The van der Waals surface area contributed by atoms with Crippen LogP contribution >= 0.6 is 0 Å². The van der Waals surface area contributed by atoms with Crippen LogP contribution in [0.15, 0.2) is 36.5 Å². The molecule has 120 valence electrons. The van der Waals surface area contributed by atoms with Gasteiger partial charge in [-0.2, -0.15) is 5.10 Å². The summed E-state index contributed by atoms with van der Waals surface area (Å²) in [6.45, 7) is 0. The third-order valence-corrected chi connectivity index (χ3v) is 5.25. The first-order valence-electron chi connectivity index (χ1n) is 8.41. The molecular formula is C18H22N4O. The number of aromatic nitrogens is 2. The molecule has 5 heteroatoms. The molecule has 0 bridgehead atoms. The number of hydrogen-bond donors (Lipinski definition) is 2. The molecule has 1 unspecified atom stereocenters. The summed E-state index contributed by atoms with van der Waals surface area (Å²) >= 11 is 0. The largest absolute Gasteiger partial charge is 0.328 e. The minimum atomic E-state index is 0.0926. The molecular weight excluding hydrogens is 288 g/mol. The maximum atomic E-state index is 12.2. The lowest BCUT2D eigenvalue weighted by Gasteiger charge is -2.34. The molecule has 1 aliphatic heterocycles. The van der Waals surface area contributed by atoms with Crippen molar-refractivity contribution in [2.45, 2.75) is 44.1 Å². The quantitative estimate of drug-likeness (QED) is 0.896. The Morgan fingerprint density at radius 3 is 2.61 bits per heavy atom. The van der Waals surface area contributed by atoms with E-state index in [1.165, 1.54) is 5.56 Å². The van der Waals surface area contributed by atoms with E-state index in [2.05, 4.69) is 10.4 Å². The highest BCUT2D eigenvalue weighted by molar-refractivity contribution is 5.94. The molecule has 3 N–H and O–H groups in total. The van der Waals surface area contributed by atoms with E-state index in [9.17, 15) is 4.79 Å². The second-order valence-electron chi connectivity index (χ2n) is 6.73. The minimum absolute atomic E-state index is 0.0926. The highest BCUT2D eigenvalue weighted by Crippen LogP contribution is 2.43. The molecule has 4 rings (SSSR count). The Kier molecular flexibility index (Phi) is 3.65. The Balaban J connectivity index is 1.69. The third kappa shape index (κ3) is 2.65. The smallest absolute Gasteiger partial charge is 0.226 e. The second-order valence-corrected chi connectivity index (χ2v) is 6.73. The first-order chi connectivity index (χ1) is 11.2. The van der Waals surface area contributed by atoms with Gasteiger partial charge in [0.05, 0.1) is 11.9 Å². The van der Waals surface area contributed by atoms with Crippen LogP contribution in [0, 0.1) is 5.92 Å². The fourth-order valence-electron chi connectivity index (χ4n) is 3.98. The van der Waals surface area contributed by atoms with Crippen LogP contribution in [0.4, 0.5) is 5.82 Å². The number of nitrogens with zero attached hydrogens (tertiary/aromatic N) is 2. The lowest BCUT2D eigenvalue weighted by atomic mass is 9.73. The molecule has 0 radical (unpaired) electrons. The van der Waals surface area contributed by atoms with E-state index in [0.29, 0.717) is 18.4 Å². The highest BCUT2D eigenvalue weighted by atomic mass is 16.1. The van der Waals surface area contributed by atoms with Gasteiger partial charge in [-0.25, -0.2) is 4.68 Å². The number of benzene rings is 1. The van der Waals surface area contributed by atoms with Crippen LogP contribution in [0.25, 0.3) is 5.69 Å². The predicted octanol–water partition coefficient (Wildman–Crippen LogP) is 2.82. The van der Waals surface area contributed by atoms with Crippen LogP contribution < -0.4 is 11.1 Å². The van der Waals surface area contributed by atoms with Crippen LogP contribution in [0.3, 0.4) is 0 Å². The SMILES string of the molecule is NC1CCC(C2CC(=O)Nc3c2cnn3-c2ccccc2)CC1. The maximum Gasteiger partial charge on any atom is 0.226 e. The van der Waals surface area contributed by atoms with Gasteiger partial charge in [0, 0.05) is 23.9 Å². The summed E-state index contributed by atoms with van der Waals surface area (Å²) in [6.07, 6.45) is 6.83. The molecule has 1 aliphatic carbocycles. The molecule has 2 aromatic rings. The van der Waals surface area contributed by atoms with E-state index >= 15 is 0 Å². The standard InChI is InChI=1S/C18H22N4O/c19-13-8-6-12(7-9-13)15-10-17(23)21-18-16(15)11-20-22(18)14-4-2-1-3-5-14/h1-5,11-13,15H,6-10,19H2,(H,21,23). The Labute approximate surface area is 135 Å². The summed E-state index contributed by atoms with van der Waals surface area (Å²) in [5.74, 6) is 1.74. The molecule has 1 amide bonds. The number of amides is 1. The monoisotopic (exact) mass is 310 g/mol. The predicted molar refractivity (Wildman–Crippen MR) is 89.5 cm³/mol. The van der Waals surface area contributed by atoms with E-state index < -0.39 is 0 Å². The molecule has 1 aromatic heterocycles. The van der Waals surface area contributed by atoms with E-state index in [0.717, 1.165) is 37.2 Å². The minimum Gasteiger partial charge on any atom is -0.328 e. The number of para-hydroxylation sites is 1. The Morgan fingerprint density at radius 2 is 1.87 bits per heavy atom. The molecule has 23 heavy (non-hydrogen) atoms. The average molecular weight is 310 g/mol. The molecule has 2 aliphatic rings. The number of carbonyl (C=O) groups excluding carboxylic acids is 1. The number of hydrogen-bond acceptors (Lipinski definition) is 3. The first kappa shape index (κ1) is 14.5. The number of carbonyl (C=O) groups is 1. The highest BCUT2D eigenvalue weighted by Gasteiger charge is 2.35. The summed E-state index contributed by atoms with van der Waals surface area (Å²) in [4.78, 5) is 12.2. The maximum absolute atomic E-state index is 12.2. The van der Waals surface area contributed by atoms with Gasteiger partial charge in [0.1, 0.15) is 5.82 Å². The van der Waals surface area contributed by atoms with Crippen LogP contribution in [0.2, 0.25) is 0 Å². The van der Waals surface area contributed by atoms with Crippen molar-refractivity contribution in [1.29, 1.82) is 0 Å². The molecule has 2 heterocycles. The normalized spacial score (nSPS) is 27.3. The average Bonchev–Trinajstić information content (AvgIpc) is 2.99. The van der Waals surface area contributed by atoms with Gasteiger partial charge in [-0.1, -0.05) is 18.2 Å². The van der Waals surface area contributed by atoms with Crippen molar-refractivity contribution in [3.63, 3.8) is 0 Å². The molecule has 5 nitrogen and oxygen atoms in total. The van der Waals surface area contributed by atoms with Gasteiger partial charge in [-0.3, -0.25) is 4.79 Å². The number of nitrogens with two attached hydrogens (primary N) is 1. The second kappa shape index (κ2) is 5.81. The molecule has 1 atom stereocenters. The molecule has 1 aromatic carbocycles. The van der Waals surface area contributed by atoms with Crippen molar-refractivity contribution >= 4 is 11.7 Å². The van der Waals surface area contributed by atoms with Gasteiger partial charge in [0.25, 0.3) is 0 Å². The first-order valence-corrected chi connectivity index (χ1v) is 8.41. The Bertz CT molecular complexity index is 701. The van der Waals surface area contributed by atoms with E-state index in [4.69, 9.17) is 5.73 Å². The fourth-order valence-corrected chi connectivity index (χ4v) is 3.98. The zero-order valence-corrected chi connectivity index (χ0v) is 13.1. The molecule has 1 saturated carbocycles. The van der Waals surface area contributed by atoms with Gasteiger partial charge in [0.15, 0.2) is 0 Å². The van der Waals surface area contributed by atoms with Crippen molar-refractivity contribution in [3.8, 4) is 5.69 Å². The van der Waals surface area contributed by atoms with Gasteiger partial charge in [-0.05, 0) is 43.7 Å². The van der Waals surface area contributed by atoms with Crippen molar-refractivity contribution in [3.05, 3.63) is 42.1 Å². The Hall–Kier alpha value is -2.14. The number of rotatable bonds is 2. The molecule has 1 fully saturated rings. The number of fused-ring (bicyclic) bond motifs is 1. The van der Waals surface area contributed by atoms with Crippen LogP contribution in [0.5, 0.6) is 0 Å². The number of nitrogens with one attached hydrogen (secondary N) is 1. The van der Waals surface area contributed by atoms with Gasteiger partial charge in [0.2, 0.25) is 5.91 Å². The summed E-state index contributed by atoms with van der Waals surface area (Å²) < 4.78 is 1.84. The zero-order valence-electron chi connectivity index (χ0n) is 13.1. The lowest BCUT2D eigenvalue weighted by molar-refractivity contribution is -0.117. The van der Waals surface area contributed by atoms with Gasteiger partial charge >= 0.3 is 0 Å². The number of anilines is 1. The zero-order chi connectivity index (χ0) is 15.8. The van der Waals surface area contributed by atoms with Gasteiger partial charge in [-0.15, -0.1) is 0 Å². The van der Waals surface area contributed by atoms with Crippen LogP contribution in [-0.4, -0.2) is 21.7 Å². The fraction of sp³-hybridized carbons (Fsp3) is 0.444. The topological polar surface area (TPSA) is 72.9 Å². The van der Waals surface area contributed by atoms with Crippen molar-refractivity contribution in [1.82, 2.24) is 9.78 Å². The summed E-state index contributed by atoms with van der Waals surface area (Å²) in [5, 5.41) is 7.56. The van der Waals surface area contributed by atoms with E-state index in [1.807, 2.05) is 41.2 Å². The van der Waals surface area contributed by atoms with E-state index in [-0.39, 0.29) is 11.8 Å². The van der Waals surface area contributed by atoms with Crippen LogP contribution in [0.1, 0.15) is 43.6 Å². The lowest BCUT2D eigenvalue weighted by Crippen LogP contribution is -2.33. The summed E-state index contributed by atoms with van der Waals surface area (Å²) in [6, 6.07) is 10.3. The van der Waals surface area contributed by atoms with Crippen LogP contribution in [-0.2, 0) is 4.79 Å². The van der Waals surface area contributed by atoms with Gasteiger partial charge < -0.3 is 11.1 Å². The van der Waals surface area contributed by atoms with Crippen molar-refractivity contribution in [2.75, 3.05) is 5.32 Å². The molecule has 0 spiro atoms.